The van der Waals surface area contributed by atoms with Crippen molar-refractivity contribution in [2.45, 2.75) is 0 Å². The number of hydrogen-bond acceptors (Lipinski definition) is 3. The molecule has 0 radical (unpaired) electrons. The van der Waals surface area contributed by atoms with E-state index in [1.165, 1.54) is 18.2 Å². The summed E-state index contributed by atoms with van der Waals surface area (Å²) < 4.78 is 0.325. The highest BCUT2D eigenvalue weighted by molar-refractivity contribution is 9.14. The first kappa shape index (κ1) is 20.0. The Morgan fingerprint density at radius 1 is 0.926 bits per heavy atom. The Morgan fingerprint density at radius 2 is 1.52 bits per heavy atom. The third kappa shape index (κ3) is 4.09. The van der Waals surface area contributed by atoms with E-state index in [4.69, 9.17) is 23.2 Å². The number of rotatable bonds is 4. The Bertz CT molecular complexity index is 1010. The third-order valence-corrected chi connectivity index (χ3v) is 6.33. The smallest absolute Gasteiger partial charge is 0.273 e. The van der Waals surface area contributed by atoms with Gasteiger partial charge in [0.15, 0.2) is 5.78 Å². The fourth-order valence-electron chi connectivity index (χ4n) is 2.38. The van der Waals surface area contributed by atoms with Gasteiger partial charge in [0.05, 0.1) is 5.69 Å². The van der Waals surface area contributed by atoms with E-state index in [-0.39, 0.29) is 14.7 Å². The minimum absolute atomic E-state index is 0.162. The van der Waals surface area contributed by atoms with Crippen molar-refractivity contribution < 1.29 is 14.4 Å². The van der Waals surface area contributed by atoms with Gasteiger partial charge in [0, 0.05) is 15.6 Å². The molecular weight excluding hydrogens is 521 g/mol. The third-order valence-electron chi connectivity index (χ3n) is 3.76. The number of nitrogens with zero attached hydrogens (tertiary/aromatic N) is 1. The molecule has 1 heterocycles. The molecule has 2 aromatic carbocycles. The Balaban J connectivity index is 1.78. The summed E-state index contributed by atoms with van der Waals surface area (Å²) in [5, 5.41) is 0.953. The summed E-state index contributed by atoms with van der Waals surface area (Å²) in [7, 11) is 0. The van der Waals surface area contributed by atoms with Crippen LogP contribution in [0.15, 0.2) is 57.5 Å². The first-order chi connectivity index (χ1) is 12.8. The van der Waals surface area contributed by atoms with E-state index in [0.29, 0.717) is 26.9 Å². The fraction of sp³-hybridized carbons (Fsp3) is 0. The standard InChI is InChI=1S/C19H9Br2Cl2NO3/c20-16-17(21)19(27)24(18(16)26)13-6-2-11(3-7-13)15(25)8-4-10-1-5-12(22)9-14(10)23/h1-9H/b8-4+. The predicted octanol–water partition coefficient (Wildman–Crippen LogP) is 5.76. The van der Waals surface area contributed by atoms with Crippen LogP contribution in [0.25, 0.3) is 6.08 Å². The van der Waals surface area contributed by atoms with E-state index >= 15 is 0 Å². The normalized spacial score (nSPS) is 14.6. The Hall–Kier alpha value is -1.73. The van der Waals surface area contributed by atoms with Gasteiger partial charge < -0.3 is 0 Å². The summed E-state index contributed by atoms with van der Waals surface area (Å²) in [5.74, 6) is -1.18. The maximum atomic E-state index is 12.3. The van der Waals surface area contributed by atoms with E-state index in [1.807, 2.05) is 0 Å². The summed E-state index contributed by atoms with van der Waals surface area (Å²) in [6, 6.07) is 11.2. The van der Waals surface area contributed by atoms with Crippen molar-refractivity contribution >= 4 is 84.4 Å². The molecule has 1 aliphatic heterocycles. The average molecular weight is 530 g/mol. The molecule has 0 spiro atoms. The monoisotopic (exact) mass is 527 g/mol. The van der Waals surface area contributed by atoms with Crippen LogP contribution in [0, 0.1) is 0 Å². The zero-order valence-electron chi connectivity index (χ0n) is 13.4. The quantitative estimate of drug-likeness (QED) is 0.287. The first-order valence-electron chi connectivity index (χ1n) is 7.51. The molecular formula is C19H9Br2Cl2NO3. The van der Waals surface area contributed by atoms with Crippen LogP contribution < -0.4 is 4.90 Å². The van der Waals surface area contributed by atoms with Gasteiger partial charge in [0.1, 0.15) is 8.96 Å². The van der Waals surface area contributed by atoms with Crippen LogP contribution in [0.5, 0.6) is 0 Å². The molecule has 0 unspecified atom stereocenters. The summed E-state index contributed by atoms with van der Waals surface area (Å²) in [5.41, 5.74) is 1.45. The van der Waals surface area contributed by atoms with E-state index in [2.05, 4.69) is 31.9 Å². The molecule has 4 nitrogen and oxygen atoms in total. The van der Waals surface area contributed by atoms with Crippen molar-refractivity contribution in [3.8, 4) is 0 Å². The summed E-state index contributed by atoms with van der Waals surface area (Å²) in [4.78, 5) is 37.6. The summed E-state index contributed by atoms with van der Waals surface area (Å²) in [6.07, 6.45) is 2.99. The molecule has 1 aliphatic rings. The zero-order chi connectivity index (χ0) is 19.7. The molecule has 2 aromatic rings. The maximum absolute atomic E-state index is 12.3. The first-order valence-corrected chi connectivity index (χ1v) is 9.85. The number of benzene rings is 2. The minimum Gasteiger partial charge on any atom is -0.289 e. The topological polar surface area (TPSA) is 54.5 Å². The molecule has 27 heavy (non-hydrogen) atoms. The van der Waals surface area contributed by atoms with E-state index < -0.39 is 11.8 Å². The van der Waals surface area contributed by atoms with Crippen LogP contribution in [0.2, 0.25) is 10.0 Å². The number of carbonyl (C=O) groups is 3. The largest absolute Gasteiger partial charge is 0.289 e. The van der Waals surface area contributed by atoms with Crippen molar-refractivity contribution in [3.05, 3.63) is 78.7 Å². The van der Waals surface area contributed by atoms with Gasteiger partial charge in [0.2, 0.25) is 0 Å². The minimum atomic E-state index is -0.469. The second-order valence-corrected chi connectivity index (χ2v) is 7.91. The van der Waals surface area contributed by atoms with Gasteiger partial charge in [-0.2, -0.15) is 0 Å². The number of anilines is 1. The number of imide groups is 1. The predicted molar refractivity (Wildman–Crippen MR) is 114 cm³/mol. The van der Waals surface area contributed by atoms with E-state index in [9.17, 15) is 14.4 Å². The number of hydrogen-bond donors (Lipinski definition) is 0. The molecule has 0 atom stereocenters. The number of amides is 2. The van der Waals surface area contributed by atoms with Crippen molar-refractivity contribution in [1.29, 1.82) is 0 Å². The van der Waals surface area contributed by atoms with Crippen molar-refractivity contribution in [3.63, 3.8) is 0 Å². The maximum Gasteiger partial charge on any atom is 0.273 e. The lowest BCUT2D eigenvalue weighted by Gasteiger charge is -2.14. The average Bonchev–Trinajstić information content (AvgIpc) is 2.84. The molecule has 2 amide bonds. The molecule has 8 heteroatoms. The SMILES string of the molecule is O=C(/C=C/c1ccc(Cl)cc1Cl)c1ccc(N2C(=O)C(Br)=C(Br)C2=O)cc1. The highest BCUT2D eigenvalue weighted by atomic mass is 79.9. The van der Waals surface area contributed by atoms with Crippen LogP contribution in [0.4, 0.5) is 5.69 Å². The molecule has 0 aliphatic carbocycles. The van der Waals surface area contributed by atoms with E-state index in [0.717, 1.165) is 4.90 Å². The molecule has 0 N–H and O–H groups in total. The highest BCUT2D eigenvalue weighted by Gasteiger charge is 2.36. The van der Waals surface area contributed by atoms with Crippen LogP contribution >= 0.6 is 55.1 Å². The van der Waals surface area contributed by atoms with E-state index in [1.54, 1.807) is 36.4 Å². The Labute approximate surface area is 181 Å². The van der Waals surface area contributed by atoms with Gasteiger partial charge in [-0.15, -0.1) is 0 Å². The number of allylic oxidation sites excluding steroid dienone is 1. The molecule has 3 rings (SSSR count). The van der Waals surface area contributed by atoms with Gasteiger partial charge in [-0.05, 0) is 86.0 Å². The lowest BCUT2D eigenvalue weighted by molar-refractivity contribution is -0.120. The van der Waals surface area contributed by atoms with Crippen molar-refractivity contribution in [2.75, 3.05) is 4.90 Å². The van der Waals surface area contributed by atoms with Crippen molar-refractivity contribution in [2.24, 2.45) is 0 Å². The Kier molecular flexibility index (Phi) is 6.01. The van der Waals surface area contributed by atoms with Gasteiger partial charge in [-0.3, -0.25) is 14.4 Å². The summed E-state index contributed by atoms with van der Waals surface area (Å²) in [6.45, 7) is 0. The summed E-state index contributed by atoms with van der Waals surface area (Å²) >= 11 is 18.1. The molecule has 0 saturated heterocycles. The van der Waals surface area contributed by atoms with Crippen LogP contribution in [-0.4, -0.2) is 17.6 Å². The van der Waals surface area contributed by atoms with Crippen molar-refractivity contribution in [1.82, 2.24) is 0 Å². The lowest BCUT2D eigenvalue weighted by atomic mass is 10.1. The zero-order valence-corrected chi connectivity index (χ0v) is 18.1. The number of halogens is 4. The lowest BCUT2D eigenvalue weighted by Crippen LogP contribution is -2.30. The van der Waals surface area contributed by atoms with Crippen LogP contribution in [0.3, 0.4) is 0 Å². The molecule has 0 fully saturated rings. The molecule has 0 aromatic heterocycles. The molecule has 0 bridgehead atoms. The molecule has 136 valence electrons. The van der Waals surface area contributed by atoms with Crippen LogP contribution in [0.1, 0.15) is 15.9 Å². The van der Waals surface area contributed by atoms with Gasteiger partial charge in [-0.1, -0.05) is 29.3 Å². The second-order valence-electron chi connectivity index (χ2n) is 5.48. The van der Waals surface area contributed by atoms with Crippen LogP contribution in [-0.2, 0) is 9.59 Å². The second kappa shape index (κ2) is 8.10. The highest BCUT2D eigenvalue weighted by Crippen LogP contribution is 2.33. The molecule has 0 saturated carbocycles. The van der Waals surface area contributed by atoms with Gasteiger partial charge in [0.25, 0.3) is 11.8 Å². The van der Waals surface area contributed by atoms with Gasteiger partial charge in [-0.25, -0.2) is 4.90 Å². The number of ketones is 1. The van der Waals surface area contributed by atoms with Gasteiger partial charge >= 0.3 is 0 Å². The Morgan fingerprint density at radius 3 is 2.07 bits per heavy atom. The fourth-order valence-corrected chi connectivity index (χ4v) is 3.55. The number of carbonyl (C=O) groups excluding carboxylic acids is 3.